The summed E-state index contributed by atoms with van der Waals surface area (Å²) in [5.41, 5.74) is 0.483. The minimum Gasteiger partial charge on any atom is -0.452 e. The molecule has 92 valence electrons. The number of carbonyl (C=O) groups is 2. The molecule has 0 radical (unpaired) electrons. The first-order valence-electron chi connectivity index (χ1n) is 5.33. The molecule has 0 saturated carbocycles. The van der Waals surface area contributed by atoms with Gasteiger partial charge in [0.1, 0.15) is 0 Å². The predicted octanol–water partition coefficient (Wildman–Crippen LogP) is 1.97. The van der Waals surface area contributed by atoms with Crippen molar-refractivity contribution in [3.05, 3.63) is 33.4 Å². The highest BCUT2D eigenvalue weighted by Gasteiger charge is 2.12. The van der Waals surface area contributed by atoms with Crippen molar-refractivity contribution >= 4 is 34.5 Å². The number of benzene rings is 1. The Morgan fingerprint density at radius 2 is 2.06 bits per heavy atom. The van der Waals surface area contributed by atoms with Gasteiger partial charge in [0, 0.05) is 10.1 Å². The van der Waals surface area contributed by atoms with E-state index in [1.54, 1.807) is 12.1 Å². The van der Waals surface area contributed by atoms with Crippen molar-refractivity contribution in [2.45, 2.75) is 13.3 Å². The van der Waals surface area contributed by atoms with Crippen LogP contribution in [0.5, 0.6) is 0 Å². The highest BCUT2D eigenvalue weighted by molar-refractivity contribution is 14.1. The van der Waals surface area contributed by atoms with Crippen molar-refractivity contribution < 1.29 is 14.3 Å². The molecule has 4 nitrogen and oxygen atoms in total. The van der Waals surface area contributed by atoms with Crippen molar-refractivity contribution in [3.63, 3.8) is 0 Å². The summed E-state index contributed by atoms with van der Waals surface area (Å²) < 4.78 is 5.72. The number of amides is 1. The lowest BCUT2D eigenvalue weighted by molar-refractivity contribution is -0.124. The van der Waals surface area contributed by atoms with Crippen molar-refractivity contribution in [1.82, 2.24) is 5.32 Å². The van der Waals surface area contributed by atoms with Crippen LogP contribution >= 0.6 is 22.6 Å². The summed E-state index contributed by atoms with van der Waals surface area (Å²) in [5, 5.41) is 2.64. The summed E-state index contributed by atoms with van der Waals surface area (Å²) in [6.07, 6.45) is 0.857. The number of carbonyl (C=O) groups excluding carboxylic acids is 2. The second-order valence-electron chi connectivity index (χ2n) is 3.41. The average Bonchev–Trinajstić information content (AvgIpc) is 2.34. The number of hydrogen-bond donors (Lipinski definition) is 1. The molecule has 5 heteroatoms. The van der Waals surface area contributed by atoms with E-state index in [9.17, 15) is 9.59 Å². The molecule has 1 aromatic carbocycles. The van der Waals surface area contributed by atoms with Crippen LogP contribution in [0.15, 0.2) is 24.3 Å². The second kappa shape index (κ2) is 7.26. The fourth-order valence-electron chi connectivity index (χ4n) is 1.15. The van der Waals surface area contributed by atoms with Gasteiger partial charge in [0.15, 0.2) is 6.61 Å². The van der Waals surface area contributed by atoms with Gasteiger partial charge in [-0.2, -0.15) is 0 Å². The molecule has 0 spiro atoms. The van der Waals surface area contributed by atoms with E-state index >= 15 is 0 Å². The van der Waals surface area contributed by atoms with E-state index in [1.165, 1.54) is 0 Å². The summed E-state index contributed by atoms with van der Waals surface area (Å²) >= 11 is 2.05. The molecule has 1 aromatic rings. The molecule has 1 rings (SSSR count). The minimum atomic E-state index is -0.471. The molecular weight excluding hydrogens is 333 g/mol. The van der Waals surface area contributed by atoms with E-state index in [0.29, 0.717) is 12.1 Å². The Labute approximate surface area is 114 Å². The van der Waals surface area contributed by atoms with Crippen molar-refractivity contribution in [2.75, 3.05) is 13.2 Å². The molecule has 0 aliphatic rings. The van der Waals surface area contributed by atoms with E-state index in [-0.39, 0.29) is 12.5 Å². The molecular formula is C12H14INO3. The Bertz CT molecular complexity index is 406. The average molecular weight is 347 g/mol. The molecule has 0 heterocycles. The monoisotopic (exact) mass is 347 g/mol. The molecule has 0 bridgehead atoms. The van der Waals surface area contributed by atoms with Gasteiger partial charge >= 0.3 is 5.97 Å². The molecule has 0 unspecified atom stereocenters. The second-order valence-corrected chi connectivity index (χ2v) is 4.57. The summed E-state index contributed by atoms with van der Waals surface area (Å²) in [4.78, 5) is 22.9. The molecule has 0 atom stereocenters. The van der Waals surface area contributed by atoms with E-state index in [2.05, 4.69) is 27.9 Å². The molecule has 0 fully saturated rings. The van der Waals surface area contributed by atoms with Crippen molar-refractivity contribution in [2.24, 2.45) is 0 Å². The topological polar surface area (TPSA) is 55.4 Å². The highest BCUT2D eigenvalue weighted by Crippen LogP contribution is 2.12. The Balaban J connectivity index is 2.45. The van der Waals surface area contributed by atoms with Gasteiger partial charge < -0.3 is 10.1 Å². The van der Waals surface area contributed by atoms with E-state index in [0.717, 1.165) is 9.99 Å². The Morgan fingerprint density at radius 3 is 2.71 bits per heavy atom. The SMILES string of the molecule is CCCNC(=O)COC(=O)c1ccccc1I. The Kier molecular flexibility index (Phi) is 5.96. The Hall–Kier alpha value is -1.11. The summed E-state index contributed by atoms with van der Waals surface area (Å²) in [5.74, 6) is -0.743. The van der Waals surface area contributed by atoms with Gasteiger partial charge in [-0.3, -0.25) is 4.79 Å². The molecule has 0 aromatic heterocycles. The third kappa shape index (κ3) is 4.72. The quantitative estimate of drug-likeness (QED) is 0.655. The van der Waals surface area contributed by atoms with Crippen LogP contribution in [0.2, 0.25) is 0 Å². The number of nitrogens with one attached hydrogen (secondary N) is 1. The third-order valence-corrected chi connectivity index (χ3v) is 2.94. The lowest BCUT2D eigenvalue weighted by Gasteiger charge is -2.06. The lowest BCUT2D eigenvalue weighted by Crippen LogP contribution is -2.29. The normalized spacial score (nSPS) is 9.76. The first kappa shape index (κ1) is 14.0. The smallest absolute Gasteiger partial charge is 0.339 e. The van der Waals surface area contributed by atoms with Crippen LogP contribution in [0.4, 0.5) is 0 Å². The van der Waals surface area contributed by atoms with Gasteiger partial charge in [-0.1, -0.05) is 19.1 Å². The third-order valence-electron chi connectivity index (χ3n) is 2.00. The maximum Gasteiger partial charge on any atom is 0.339 e. The number of esters is 1. The van der Waals surface area contributed by atoms with Gasteiger partial charge in [-0.05, 0) is 41.1 Å². The largest absolute Gasteiger partial charge is 0.452 e. The molecule has 1 N–H and O–H groups in total. The van der Waals surface area contributed by atoms with Gasteiger partial charge in [-0.25, -0.2) is 4.79 Å². The fourth-order valence-corrected chi connectivity index (χ4v) is 1.76. The first-order chi connectivity index (χ1) is 8.15. The summed E-state index contributed by atoms with van der Waals surface area (Å²) in [7, 11) is 0. The number of halogens is 1. The van der Waals surface area contributed by atoms with Crippen LogP contribution in [-0.4, -0.2) is 25.0 Å². The van der Waals surface area contributed by atoms with Gasteiger partial charge in [0.2, 0.25) is 0 Å². The standard InChI is InChI=1S/C12H14INO3/c1-2-7-14-11(15)8-17-12(16)9-5-3-4-6-10(9)13/h3-6H,2,7-8H2,1H3,(H,14,15). The van der Waals surface area contributed by atoms with E-state index in [4.69, 9.17) is 4.74 Å². The summed E-state index contributed by atoms with van der Waals surface area (Å²) in [6.45, 7) is 2.32. The van der Waals surface area contributed by atoms with Crippen LogP contribution < -0.4 is 5.32 Å². The van der Waals surface area contributed by atoms with Crippen molar-refractivity contribution in [3.8, 4) is 0 Å². The molecule has 1 amide bonds. The number of ether oxygens (including phenoxy) is 1. The van der Waals surface area contributed by atoms with Crippen LogP contribution in [-0.2, 0) is 9.53 Å². The Morgan fingerprint density at radius 1 is 1.35 bits per heavy atom. The van der Waals surface area contributed by atoms with Crippen LogP contribution in [0.1, 0.15) is 23.7 Å². The van der Waals surface area contributed by atoms with E-state index < -0.39 is 5.97 Å². The zero-order chi connectivity index (χ0) is 12.7. The van der Waals surface area contributed by atoms with Crippen molar-refractivity contribution in [1.29, 1.82) is 0 Å². The van der Waals surface area contributed by atoms with Crippen LogP contribution in [0.25, 0.3) is 0 Å². The van der Waals surface area contributed by atoms with Crippen LogP contribution in [0.3, 0.4) is 0 Å². The van der Waals surface area contributed by atoms with Crippen LogP contribution in [0, 0.1) is 3.57 Å². The first-order valence-corrected chi connectivity index (χ1v) is 6.41. The predicted molar refractivity (Wildman–Crippen MR) is 72.7 cm³/mol. The summed E-state index contributed by atoms with van der Waals surface area (Å²) in [6, 6.07) is 7.09. The molecule has 0 aliphatic carbocycles. The van der Waals surface area contributed by atoms with Gasteiger partial charge in [0.05, 0.1) is 5.56 Å². The van der Waals surface area contributed by atoms with E-state index in [1.807, 2.05) is 19.1 Å². The lowest BCUT2D eigenvalue weighted by atomic mass is 10.2. The molecule has 17 heavy (non-hydrogen) atoms. The zero-order valence-electron chi connectivity index (χ0n) is 9.53. The molecule has 0 aliphatic heterocycles. The molecule has 0 saturated heterocycles. The maximum atomic E-state index is 11.6. The van der Waals surface area contributed by atoms with Gasteiger partial charge in [-0.15, -0.1) is 0 Å². The highest BCUT2D eigenvalue weighted by atomic mass is 127. The minimum absolute atomic E-state index is 0.232. The maximum absolute atomic E-state index is 11.6. The fraction of sp³-hybridized carbons (Fsp3) is 0.333. The van der Waals surface area contributed by atoms with Gasteiger partial charge in [0.25, 0.3) is 5.91 Å². The zero-order valence-corrected chi connectivity index (χ0v) is 11.7. The number of hydrogen-bond acceptors (Lipinski definition) is 3. The number of rotatable bonds is 5.